The van der Waals surface area contributed by atoms with Gasteiger partial charge in [0.25, 0.3) is 5.91 Å². The van der Waals surface area contributed by atoms with Crippen LogP contribution in [0.15, 0.2) is 53.0 Å². The first-order valence-electron chi connectivity index (χ1n) is 7.29. The molecular weight excluding hydrogens is 466 g/mol. The van der Waals surface area contributed by atoms with Crippen molar-refractivity contribution < 1.29 is 14.3 Å². The van der Waals surface area contributed by atoms with Crippen LogP contribution < -0.4 is 10.6 Å². The van der Waals surface area contributed by atoms with Crippen molar-refractivity contribution in [2.24, 2.45) is 0 Å². The van der Waals surface area contributed by atoms with Gasteiger partial charge in [-0.3, -0.25) is 4.79 Å². The molecule has 138 valence electrons. The van der Waals surface area contributed by atoms with E-state index in [1.54, 1.807) is 48.5 Å². The molecule has 0 aromatic heterocycles. The predicted molar refractivity (Wildman–Crippen MR) is 107 cm³/mol. The summed E-state index contributed by atoms with van der Waals surface area (Å²) in [7, 11) is 1.30. The second kappa shape index (κ2) is 8.95. The van der Waals surface area contributed by atoms with Crippen LogP contribution in [-0.2, 0) is 4.74 Å². The second-order valence-corrected chi connectivity index (χ2v) is 8.36. The summed E-state index contributed by atoms with van der Waals surface area (Å²) in [6.07, 6.45) is -1.02. The van der Waals surface area contributed by atoms with Crippen molar-refractivity contribution in [2.75, 3.05) is 12.4 Å². The summed E-state index contributed by atoms with van der Waals surface area (Å²) >= 11 is 21.3. The number of amides is 1. The standard InChI is InChI=1S/C17H14BrCl3N2O3/c1-26-15(25)10-6-8-11(9-7-10)22-16(17(19,20)21)23-14(24)12-4-2-3-5-13(12)18/h2-9,16,22H,1H3,(H,23,24). The Morgan fingerprint density at radius 3 is 2.23 bits per heavy atom. The molecule has 0 spiro atoms. The SMILES string of the molecule is COC(=O)c1ccc(NC(NC(=O)c2ccccc2Br)C(Cl)(Cl)Cl)cc1. The number of hydrogen-bond donors (Lipinski definition) is 2. The minimum Gasteiger partial charge on any atom is -0.465 e. The molecule has 1 atom stereocenters. The number of alkyl halides is 3. The Morgan fingerprint density at radius 2 is 1.69 bits per heavy atom. The summed E-state index contributed by atoms with van der Waals surface area (Å²) in [5.74, 6) is -0.885. The minimum atomic E-state index is -1.82. The molecule has 2 aromatic carbocycles. The molecule has 26 heavy (non-hydrogen) atoms. The molecule has 0 bridgehead atoms. The summed E-state index contributed by atoms with van der Waals surface area (Å²) in [5.41, 5.74) is 1.32. The largest absolute Gasteiger partial charge is 0.465 e. The second-order valence-electron chi connectivity index (χ2n) is 5.14. The fourth-order valence-electron chi connectivity index (χ4n) is 2.04. The van der Waals surface area contributed by atoms with E-state index in [4.69, 9.17) is 34.8 Å². The van der Waals surface area contributed by atoms with E-state index < -0.39 is 21.8 Å². The lowest BCUT2D eigenvalue weighted by molar-refractivity contribution is 0.0600. The Hall–Kier alpha value is -1.47. The van der Waals surface area contributed by atoms with Gasteiger partial charge in [0.1, 0.15) is 6.17 Å². The number of anilines is 1. The maximum Gasteiger partial charge on any atom is 0.337 e. The third-order valence-corrected chi connectivity index (χ3v) is 4.68. The molecule has 1 unspecified atom stereocenters. The fourth-order valence-corrected chi connectivity index (χ4v) is 2.83. The van der Waals surface area contributed by atoms with E-state index in [-0.39, 0.29) is 0 Å². The van der Waals surface area contributed by atoms with Crippen LogP contribution in [0.25, 0.3) is 0 Å². The van der Waals surface area contributed by atoms with Gasteiger partial charge in [-0.2, -0.15) is 0 Å². The highest BCUT2D eigenvalue weighted by molar-refractivity contribution is 9.10. The molecule has 2 N–H and O–H groups in total. The van der Waals surface area contributed by atoms with Crippen molar-refractivity contribution in [1.29, 1.82) is 0 Å². The Morgan fingerprint density at radius 1 is 1.08 bits per heavy atom. The van der Waals surface area contributed by atoms with E-state index in [1.165, 1.54) is 7.11 Å². The molecule has 0 aliphatic carbocycles. The van der Waals surface area contributed by atoms with Crippen molar-refractivity contribution in [3.8, 4) is 0 Å². The number of methoxy groups -OCH3 is 1. The van der Waals surface area contributed by atoms with Gasteiger partial charge in [0, 0.05) is 10.2 Å². The molecule has 0 aliphatic heterocycles. The number of halogens is 4. The highest BCUT2D eigenvalue weighted by Crippen LogP contribution is 2.31. The average Bonchev–Trinajstić information content (AvgIpc) is 2.60. The van der Waals surface area contributed by atoms with Gasteiger partial charge >= 0.3 is 5.97 Å². The minimum absolute atomic E-state index is 0.376. The van der Waals surface area contributed by atoms with Crippen LogP contribution in [0.2, 0.25) is 0 Å². The van der Waals surface area contributed by atoms with Crippen LogP contribution in [0, 0.1) is 0 Å². The molecule has 0 saturated carbocycles. The van der Waals surface area contributed by atoms with E-state index in [1.807, 2.05) is 0 Å². The Kier molecular flexibility index (Phi) is 7.17. The number of carbonyl (C=O) groups excluding carboxylic acids is 2. The first-order chi connectivity index (χ1) is 12.2. The normalized spacial score (nSPS) is 12.2. The predicted octanol–water partition coefficient (Wildman–Crippen LogP) is 4.77. The number of esters is 1. The topological polar surface area (TPSA) is 67.4 Å². The monoisotopic (exact) mass is 478 g/mol. The van der Waals surface area contributed by atoms with Gasteiger partial charge in [-0.1, -0.05) is 46.9 Å². The number of ether oxygens (including phenoxy) is 1. The van der Waals surface area contributed by atoms with Gasteiger partial charge in [-0.05, 0) is 52.3 Å². The van der Waals surface area contributed by atoms with Crippen LogP contribution in [0.1, 0.15) is 20.7 Å². The first-order valence-corrected chi connectivity index (χ1v) is 9.22. The highest BCUT2D eigenvalue weighted by atomic mass is 79.9. The van der Waals surface area contributed by atoms with Gasteiger partial charge in [-0.15, -0.1) is 0 Å². The van der Waals surface area contributed by atoms with Crippen molar-refractivity contribution in [1.82, 2.24) is 5.32 Å². The molecule has 0 radical (unpaired) electrons. The fraction of sp³-hybridized carbons (Fsp3) is 0.176. The molecule has 9 heteroatoms. The number of carbonyl (C=O) groups is 2. The van der Waals surface area contributed by atoms with Crippen LogP contribution in [0.5, 0.6) is 0 Å². The van der Waals surface area contributed by atoms with Gasteiger partial charge in [0.05, 0.1) is 18.2 Å². The van der Waals surface area contributed by atoms with E-state index in [2.05, 4.69) is 31.3 Å². The van der Waals surface area contributed by atoms with Gasteiger partial charge in [-0.25, -0.2) is 4.79 Å². The van der Waals surface area contributed by atoms with E-state index >= 15 is 0 Å². The lowest BCUT2D eigenvalue weighted by atomic mass is 10.2. The lowest BCUT2D eigenvalue weighted by Gasteiger charge is -2.27. The highest BCUT2D eigenvalue weighted by Gasteiger charge is 2.34. The summed E-state index contributed by atoms with van der Waals surface area (Å²) in [5, 5.41) is 5.57. The Balaban J connectivity index is 2.17. The molecule has 2 rings (SSSR count). The number of rotatable bonds is 5. The third kappa shape index (κ3) is 5.51. The molecule has 5 nitrogen and oxygen atoms in total. The van der Waals surface area contributed by atoms with Crippen molar-refractivity contribution in [2.45, 2.75) is 9.96 Å². The Labute approximate surface area is 174 Å². The first kappa shape index (κ1) is 20.8. The molecule has 2 aromatic rings. The van der Waals surface area contributed by atoms with E-state index in [9.17, 15) is 9.59 Å². The molecule has 0 fully saturated rings. The van der Waals surface area contributed by atoms with E-state index in [0.717, 1.165) is 0 Å². The van der Waals surface area contributed by atoms with E-state index in [0.29, 0.717) is 21.3 Å². The van der Waals surface area contributed by atoms with Crippen molar-refractivity contribution in [3.63, 3.8) is 0 Å². The number of benzene rings is 2. The molecular formula is C17H14BrCl3N2O3. The van der Waals surface area contributed by atoms with Crippen LogP contribution in [-0.4, -0.2) is 28.9 Å². The lowest BCUT2D eigenvalue weighted by Crippen LogP contribution is -2.49. The molecule has 1 amide bonds. The maximum atomic E-state index is 12.5. The zero-order valence-electron chi connectivity index (χ0n) is 13.4. The van der Waals surface area contributed by atoms with Crippen molar-refractivity contribution in [3.05, 3.63) is 64.1 Å². The van der Waals surface area contributed by atoms with Gasteiger partial charge in [0.2, 0.25) is 3.79 Å². The summed E-state index contributed by atoms with van der Waals surface area (Å²) in [6, 6.07) is 13.2. The number of nitrogens with one attached hydrogen (secondary N) is 2. The molecule has 0 aliphatic rings. The summed E-state index contributed by atoms with van der Waals surface area (Å²) < 4.78 is 3.43. The van der Waals surface area contributed by atoms with Gasteiger partial charge < -0.3 is 15.4 Å². The average molecular weight is 481 g/mol. The quantitative estimate of drug-likeness (QED) is 0.367. The summed E-state index contributed by atoms with van der Waals surface area (Å²) in [4.78, 5) is 23.9. The van der Waals surface area contributed by atoms with Crippen LogP contribution in [0.3, 0.4) is 0 Å². The van der Waals surface area contributed by atoms with Crippen molar-refractivity contribution >= 4 is 68.3 Å². The summed E-state index contributed by atoms with van der Waals surface area (Å²) in [6.45, 7) is 0. The molecule has 0 saturated heterocycles. The maximum absolute atomic E-state index is 12.5. The molecule has 0 heterocycles. The van der Waals surface area contributed by atoms with Crippen LogP contribution in [0.4, 0.5) is 5.69 Å². The number of hydrogen-bond acceptors (Lipinski definition) is 4. The van der Waals surface area contributed by atoms with Gasteiger partial charge in [0.15, 0.2) is 0 Å². The van der Waals surface area contributed by atoms with Crippen LogP contribution >= 0.6 is 50.7 Å². The zero-order valence-corrected chi connectivity index (χ0v) is 17.3. The zero-order chi connectivity index (χ0) is 19.3. The smallest absolute Gasteiger partial charge is 0.337 e. The Bertz CT molecular complexity index is 795. The third-order valence-electron chi connectivity index (χ3n) is 3.34.